The largest absolute Gasteiger partial charge is 0.337 e. The van der Waals surface area contributed by atoms with E-state index >= 15 is 0 Å². The Morgan fingerprint density at radius 2 is 1.94 bits per heavy atom. The number of nitrogens with two attached hydrogens (primary N) is 1. The molecule has 0 aliphatic rings. The van der Waals surface area contributed by atoms with Crippen molar-refractivity contribution in [2.75, 3.05) is 0 Å². The van der Waals surface area contributed by atoms with Gasteiger partial charge in [0.05, 0.1) is 6.04 Å². The molecule has 6 heteroatoms. The van der Waals surface area contributed by atoms with E-state index in [1.54, 1.807) is 6.92 Å². The van der Waals surface area contributed by atoms with Gasteiger partial charge in [-0.2, -0.15) is 4.98 Å². The first-order valence-electron chi connectivity index (χ1n) is 4.52. The zero-order chi connectivity index (χ0) is 10.8. The van der Waals surface area contributed by atoms with Crippen molar-refractivity contribution in [3.05, 3.63) is 34.6 Å². The van der Waals surface area contributed by atoms with Crippen molar-refractivity contribution in [1.29, 1.82) is 0 Å². The summed E-state index contributed by atoms with van der Waals surface area (Å²) in [7, 11) is 0. The van der Waals surface area contributed by atoms with Crippen LogP contribution >= 0.6 is 28.3 Å². The molecule has 0 aliphatic heterocycles. The maximum Gasteiger partial charge on any atom is 0.243 e. The molecular weight excluding hydrogens is 293 g/mol. The molecule has 0 bridgehead atoms. The number of hydrogen-bond donors (Lipinski definition) is 1. The van der Waals surface area contributed by atoms with Gasteiger partial charge < -0.3 is 10.3 Å². The lowest BCUT2D eigenvalue weighted by Gasteiger charge is -1.94. The van der Waals surface area contributed by atoms with Gasteiger partial charge in [0.15, 0.2) is 0 Å². The molecule has 2 aromatic rings. The molecule has 0 spiro atoms. The monoisotopic (exact) mass is 303 g/mol. The molecule has 16 heavy (non-hydrogen) atoms. The minimum absolute atomic E-state index is 0. The molecular formula is C10H11BrClN3O. The van der Waals surface area contributed by atoms with E-state index in [0.29, 0.717) is 11.7 Å². The molecule has 86 valence electrons. The van der Waals surface area contributed by atoms with Gasteiger partial charge in [0.1, 0.15) is 0 Å². The van der Waals surface area contributed by atoms with Crippen LogP contribution in [0.15, 0.2) is 33.3 Å². The zero-order valence-electron chi connectivity index (χ0n) is 8.55. The first kappa shape index (κ1) is 13.2. The third kappa shape index (κ3) is 2.81. The molecule has 4 nitrogen and oxygen atoms in total. The van der Waals surface area contributed by atoms with Crippen LogP contribution in [0, 0.1) is 0 Å². The Kier molecular flexibility index (Phi) is 4.46. The van der Waals surface area contributed by atoms with Crippen LogP contribution in [0.3, 0.4) is 0 Å². The highest BCUT2D eigenvalue weighted by Gasteiger charge is 2.11. The van der Waals surface area contributed by atoms with E-state index in [4.69, 9.17) is 10.3 Å². The van der Waals surface area contributed by atoms with Crippen molar-refractivity contribution in [2.45, 2.75) is 13.0 Å². The summed E-state index contributed by atoms with van der Waals surface area (Å²) in [5.74, 6) is 1.02. The van der Waals surface area contributed by atoms with Crippen molar-refractivity contribution in [2.24, 2.45) is 5.73 Å². The van der Waals surface area contributed by atoms with Crippen molar-refractivity contribution >= 4 is 28.3 Å². The molecule has 1 aromatic heterocycles. The van der Waals surface area contributed by atoms with Gasteiger partial charge in [-0.3, -0.25) is 0 Å². The molecule has 2 rings (SSSR count). The Morgan fingerprint density at radius 1 is 1.31 bits per heavy atom. The Labute approximate surface area is 108 Å². The fourth-order valence-electron chi connectivity index (χ4n) is 1.14. The summed E-state index contributed by atoms with van der Waals surface area (Å²) >= 11 is 3.36. The van der Waals surface area contributed by atoms with Crippen molar-refractivity contribution in [1.82, 2.24) is 10.1 Å². The first-order valence-corrected chi connectivity index (χ1v) is 5.31. The Morgan fingerprint density at radius 3 is 2.44 bits per heavy atom. The van der Waals surface area contributed by atoms with E-state index in [1.807, 2.05) is 24.3 Å². The molecule has 1 atom stereocenters. The van der Waals surface area contributed by atoms with Crippen molar-refractivity contribution < 1.29 is 4.52 Å². The summed E-state index contributed by atoms with van der Waals surface area (Å²) in [6, 6.07) is 7.45. The highest BCUT2D eigenvalue weighted by Crippen LogP contribution is 2.20. The molecule has 0 radical (unpaired) electrons. The molecule has 0 fully saturated rings. The standard InChI is InChI=1S/C10H10BrN3O.ClH/c1-6(12)10-13-9(14-15-10)7-2-4-8(11)5-3-7;/h2-6H,12H2,1H3;1H. The number of aromatic nitrogens is 2. The number of benzene rings is 1. The topological polar surface area (TPSA) is 64.9 Å². The Hall–Kier alpha value is -0.910. The minimum atomic E-state index is -0.235. The van der Waals surface area contributed by atoms with Crippen LogP contribution in [-0.2, 0) is 0 Å². The van der Waals surface area contributed by atoms with Crippen LogP contribution in [0.25, 0.3) is 11.4 Å². The molecule has 1 heterocycles. The average molecular weight is 305 g/mol. The molecule has 0 amide bonds. The molecule has 2 N–H and O–H groups in total. The highest BCUT2D eigenvalue weighted by atomic mass is 79.9. The van der Waals surface area contributed by atoms with E-state index in [-0.39, 0.29) is 18.4 Å². The number of rotatable bonds is 2. The van der Waals surface area contributed by atoms with Gasteiger partial charge in [-0.25, -0.2) is 0 Å². The molecule has 1 aromatic carbocycles. The fourth-order valence-corrected chi connectivity index (χ4v) is 1.40. The lowest BCUT2D eigenvalue weighted by Crippen LogP contribution is -2.04. The third-order valence-electron chi connectivity index (χ3n) is 1.93. The van der Waals surface area contributed by atoms with Crippen LogP contribution in [-0.4, -0.2) is 10.1 Å². The van der Waals surface area contributed by atoms with Crippen LogP contribution in [0.2, 0.25) is 0 Å². The first-order chi connectivity index (χ1) is 7.16. The van der Waals surface area contributed by atoms with Gasteiger partial charge >= 0.3 is 0 Å². The third-order valence-corrected chi connectivity index (χ3v) is 2.46. The Balaban J connectivity index is 0.00000128. The van der Waals surface area contributed by atoms with E-state index in [0.717, 1.165) is 10.0 Å². The maximum atomic E-state index is 5.63. The predicted molar refractivity (Wildman–Crippen MR) is 67.3 cm³/mol. The maximum absolute atomic E-state index is 5.63. The van der Waals surface area contributed by atoms with E-state index in [9.17, 15) is 0 Å². The van der Waals surface area contributed by atoms with Crippen molar-refractivity contribution in [3.8, 4) is 11.4 Å². The van der Waals surface area contributed by atoms with Gasteiger partial charge in [0.2, 0.25) is 11.7 Å². The summed E-state index contributed by atoms with van der Waals surface area (Å²) < 4.78 is 6.03. The summed E-state index contributed by atoms with van der Waals surface area (Å²) in [6.07, 6.45) is 0. The van der Waals surface area contributed by atoms with Crippen LogP contribution in [0.5, 0.6) is 0 Å². The van der Waals surface area contributed by atoms with Crippen LogP contribution in [0.4, 0.5) is 0 Å². The number of halogens is 2. The quantitative estimate of drug-likeness (QED) is 0.926. The minimum Gasteiger partial charge on any atom is -0.337 e. The number of nitrogens with zero attached hydrogens (tertiary/aromatic N) is 2. The van der Waals surface area contributed by atoms with Gasteiger partial charge in [0, 0.05) is 10.0 Å². The van der Waals surface area contributed by atoms with Crippen LogP contribution < -0.4 is 5.73 Å². The summed E-state index contributed by atoms with van der Waals surface area (Å²) in [5.41, 5.74) is 6.54. The summed E-state index contributed by atoms with van der Waals surface area (Å²) in [4.78, 5) is 4.19. The Bertz CT molecular complexity index is 455. The van der Waals surface area contributed by atoms with E-state index in [1.165, 1.54) is 0 Å². The van der Waals surface area contributed by atoms with Gasteiger partial charge in [-0.05, 0) is 31.2 Å². The molecule has 0 saturated carbocycles. The molecule has 0 aliphatic carbocycles. The average Bonchev–Trinajstić information content (AvgIpc) is 2.68. The lowest BCUT2D eigenvalue weighted by molar-refractivity contribution is 0.362. The summed E-state index contributed by atoms with van der Waals surface area (Å²) in [6.45, 7) is 1.80. The highest BCUT2D eigenvalue weighted by molar-refractivity contribution is 9.10. The van der Waals surface area contributed by atoms with Gasteiger partial charge in [-0.1, -0.05) is 21.1 Å². The van der Waals surface area contributed by atoms with E-state index in [2.05, 4.69) is 26.1 Å². The zero-order valence-corrected chi connectivity index (χ0v) is 11.0. The second-order valence-corrected chi connectivity index (χ2v) is 4.17. The lowest BCUT2D eigenvalue weighted by atomic mass is 10.2. The SMILES string of the molecule is CC(N)c1nc(-c2ccc(Br)cc2)no1.Cl. The normalized spacial score (nSPS) is 11.9. The fraction of sp³-hybridized carbons (Fsp3) is 0.200. The van der Waals surface area contributed by atoms with Gasteiger partial charge in [-0.15, -0.1) is 12.4 Å². The van der Waals surface area contributed by atoms with Gasteiger partial charge in [0.25, 0.3) is 0 Å². The smallest absolute Gasteiger partial charge is 0.243 e. The van der Waals surface area contributed by atoms with Crippen LogP contribution in [0.1, 0.15) is 18.9 Å². The van der Waals surface area contributed by atoms with E-state index < -0.39 is 0 Å². The number of hydrogen-bond acceptors (Lipinski definition) is 4. The second-order valence-electron chi connectivity index (χ2n) is 3.25. The summed E-state index contributed by atoms with van der Waals surface area (Å²) in [5, 5.41) is 3.86. The van der Waals surface area contributed by atoms with Crippen molar-refractivity contribution in [3.63, 3.8) is 0 Å². The second kappa shape index (κ2) is 5.43. The molecule has 1 unspecified atom stereocenters. The molecule has 0 saturated heterocycles. The predicted octanol–water partition coefficient (Wildman–Crippen LogP) is 2.94.